The first kappa shape index (κ1) is 27.3. The van der Waals surface area contributed by atoms with Crippen LogP contribution in [-0.2, 0) is 39.0 Å². The van der Waals surface area contributed by atoms with Crippen LogP contribution in [0, 0.1) is 5.92 Å². The Hall–Kier alpha value is -0.747. The molecule has 0 nitrogen and oxygen atoms in total. The minimum absolute atomic E-state index is 0. The summed E-state index contributed by atoms with van der Waals surface area (Å²) < 4.78 is 0. The molecule has 5 rings (SSSR count). The van der Waals surface area contributed by atoms with Crippen molar-refractivity contribution in [1.82, 2.24) is 0 Å². The average Bonchev–Trinajstić information content (AvgIpc) is 3.20. The summed E-state index contributed by atoms with van der Waals surface area (Å²) in [6.07, 6.45) is 12.4. The Bertz CT molecular complexity index is 941. The van der Waals surface area contributed by atoms with E-state index in [4.69, 9.17) is 0 Å². The maximum atomic E-state index is 2.37. The third kappa shape index (κ3) is 6.15. The van der Waals surface area contributed by atoms with Gasteiger partial charge in [0.2, 0.25) is 0 Å². The number of hydrogen-bond donors (Lipinski definition) is 0. The van der Waals surface area contributed by atoms with Crippen molar-refractivity contribution in [2.75, 3.05) is 0 Å². The molecule has 1 atom stereocenters. The van der Waals surface area contributed by atoms with E-state index in [2.05, 4.69) is 80.6 Å². The molecule has 0 radical (unpaired) electrons. The van der Waals surface area contributed by atoms with Gasteiger partial charge in [0.15, 0.2) is 0 Å². The Balaban J connectivity index is 0.000000285. The third-order valence-electron chi connectivity index (χ3n) is 6.27. The summed E-state index contributed by atoms with van der Waals surface area (Å²) in [4.78, 5) is 0. The van der Waals surface area contributed by atoms with Gasteiger partial charge in [0.1, 0.15) is 0 Å². The van der Waals surface area contributed by atoms with Gasteiger partial charge in [-0.1, -0.05) is 68.7 Å². The molecule has 0 aromatic heterocycles. The Labute approximate surface area is 213 Å². The Kier molecular flexibility index (Phi) is 11.8. The topological polar surface area (TPSA) is 0 Å². The van der Waals surface area contributed by atoms with E-state index < -0.39 is 0 Å². The molecule has 30 heavy (non-hydrogen) atoms. The van der Waals surface area contributed by atoms with Crippen molar-refractivity contribution in [1.29, 1.82) is 0 Å². The van der Waals surface area contributed by atoms with Gasteiger partial charge in [0.25, 0.3) is 0 Å². The van der Waals surface area contributed by atoms with Crippen LogP contribution < -0.4 is 24.8 Å². The van der Waals surface area contributed by atoms with E-state index >= 15 is 0 Å². The normalized spacial score (nSPS) is 15.0. The second-order valence-corrected chi connectivity index (χ2v) is 8.03. The predicted octanol–water partition coefficient (Wildman–Crippen LogP) is 1.63. The Morgan fingerprint density at radius 3 is 2.47 bits per heavy atom. The zero-order valence-electron chi connectivity index (χ0n) is 17.9. The number of rotatable bonds is 5. The number of allylic oxidation sites excluding steroid dienone is 1. The molecule has 3 heteroatoms. The molecule has 2 aliphatic rings. The van der Waals surface area contributed by atoms with Gasteiger partial charge in [-0.3, -0.25) is 0 Å². The second-order valence-electron chi connectivity index (χ2n) is 8.03. The van der Waals surface area contributed by atoms with E-state index in [1.54, 1.807) is 17.0 Å². The van der Waals surface area contributed by atoms with Gasteiger partial charge in [-0.2, -0.15) is 19.8 Å². The average molecular weight is 517 g/mol. The van der Waals surface area contributed by atoms with Crippen LogP contribution in [0.25, 0.3) is 16.8 Å². The van der Waals surface area contributed by atoms with Crippen molar-refractivity contribution in [2.45, 2.75) is 58.3 Å². The van der Waals surface area contributed by atoms with Gasteiger partial charge in [-0.15, -0.1) is 46.2 Å². The first-order valence-corrected chi connectivity index (χ1v) is 10.5. The van der Waals surface area contributed by atoms with E-state index in [0.29, 0.717) is 5.92 Å². The molecule has 0 N–H and O–H groups in total. The maximum absolute atomic E-state index is 2.37. The van der Waals surface area contributed by atoms with Crippen LogP contribution >= 0.6 is 0 Å². The largest absolute Gasteiger partial charge is 4.00 e. The standard InChI is InChI=1S/C16H21.C11H9.2ClH.Zr/c1-3-13(2)7-6-9-15-12-11-14-8-4-5-10-16(14)15;1-2-4-10-8(3-1)7-9-5-6-11(9)10;;;/h4-5,8,10-12,15H,3,6-7,9H2,1-2H3;1-4,7H,5-6H2;2*1H;/q2*-1;;;+4/p-2. The molecule has 1 unspecified atom stereocenters. The molecule has 0 spiro atoms. The molecule has 0 saturated heterocycles. The Morgan fingerprint density at radius 1 is 1.00 bits per heavy atom. The molecule has 0 heterocycles. The number of aryl methyl sites for hydroxylation is 2. The number of benzene rings is 2. The number of hydrogen-bond acceptors (Lipinski definition) is 0. The van der Waals surface area contributed by atoms with E-state index in [-0.39, 0.29) is 51.0 Å². The minimum Gasteiger partial charge on any atom is -1.00 e. The predicted molar refractivity (Wildman–Crippen MR) is 118 cm³/mol. The van der Waals surface area contributed by atoms with Crippen molar-refractivity contribution in [3.8, 4) is 0 Å². The summed E-state index contributed by atoms with van der Waals surface area (Å²) in [5.41, 5.74) is 6.12. The SMILES string of the molecule is CC[C-](C)CCCC1C=Cc2ccccc21.[Cl-].[Cl-].[Zr+4].c1ccc2c3c([cH-]c2c1)CC3. The van der Waals surface area contributed by atoms with Gasteiger partial charge in [0, 0.05) is 5.92 Å². The number of fused-ring (bicyclic) bond motifs is 4. The fourth-order valence-corrected chi connectivity index (χ4v) is 4.32. The molecule has 0 saturated carbocycles. The van der Waals surface area contributed by atoms with Crippen molar-refractivity contribution in [2.24, 2.45) is 0 Å². The van der Waals surface area contributed by atoms with E-state index in [0.717, 1.165) is 0 Å². The quantitative estimate of drug-likeness (QED) is 0.453. The van der Waals surface area contributed by atoms with Crippen LogP contribution in [-0.4, -0.2) is 0 Å². The summed E-state index contributed by atoms with van der Waals surface area (Å²) >= 11 is 0. The summed E-state index contributed by atoms with van der Waals surface area (Å²) in [7, 11) is 0. The molecule has 0 amide bonds. The van der Waals surface area contributed by atoms with Crippen molar-refractivity contribution in [3.63, 3.8) is 0 Å². The summed E-state index contributed by atoms with van der Waals surface area (Å²) in [6.45, 7) is 4.53. The molecular formula is C27H30Cl2Zr. The van der Waals surface area contributed by atoms with Gasteiger partial charge >= 0.3 is 26.2 Å². The molecule has 3 aromatic carbocycles. The fourth-order valence-electron chi connectivity index (χ4n) is 4.32. The molecular weight excluding hydrogens is 486 g/mol. The van der Waals surface area contributed by atoms with Gasteiger partial charge in [-0.05, 0) is 17.5 Å². The van der Waals surface area contributed by atoms with E-state index in [9.17, 15) is 0 Å². The van der Waals surface area contributed by atoms with Gasteiger partial charge < -0.3 is 30.7 Å². The van der Waals surface area contributed by atoms with Crippen LogP contribution in [0.15, 0.2) is 60.7 Å². The van der Waals surface area contributed by atoms with Crippen LogP contribution in [0.3, 0.4) is 0 Å². The van der Waals surface area contributed by atoms with Crippen LogP contribution in [0.1, 0.15) is 67.7 Å². The van der Waals surface area contributed by atoms with E-state index in [1.807, 2.05) is 0 Å². The molecule has 0 aliphatic heterocycles. The summed E-state index contributed by atoms with van der Waals surface area (Å²) in [6, 6.07) is 19.8. The molecule has 3 aromatic rings. The monoisotopic (exact) mass is 514 g/mol. The summed E-state index contributed by atoms with van der Waals surface area (Å²) in [5.74, 6) is 2.30. The fraction of sp³-hybridized carbons (Fsp3) is 0.333. The minimum atomic E-state index is 0. The van der Waals surface area contributed by atoms with Crippen LogP contribution in [0.5, 0.6) is 0 Å². The van der Waals surface area contributed by atoms with Crippen molar-refractivity contribution in [3.05, 3.63) is 88.8 Å². The van der Waals surface area contributed by atoms with Crippen molar-refractivity contribution < 1.29 is 51.0 Å². The molecule has 0 fully saturated rings. The van der Waals surface area contributed by atoms with Crippen molar-refractivity contribution >= 4 is 16.8 Å². The maximum Gasteiger partial charge on any atom is 4.00 e. The zero-order valence-corrected chi connectivity index (χ0v) is 21.9. The number of halogens is 2. The smallest absolute Gasteiger partial charge is 1.00 e. The van der Waals surface area contributed by atoms with Crippen LogP contribution in [0.4, 0.5) is 0 Å². The summed E-state index contributed by atoms with van der Waals surface area (Å²) in [5, 5.41) is 2.91. The first-order valence-electron chi connectivity index (χ1n) is 10.5. The van der Waals surface area contributed by atoms with Crippen LogP contribution in [0.2, 0.25) is 0 Å². The third-order valence-corrected chi connectivity index (χ3v) is 6.27. The first-order chi connectivity index (χ1) is 13.3. The molecule has 156 valence electrons. The van der Waals surface area contributed by atoms with Gasteiger partial charge in [-0.25, -0.2) is 0 Å². The Morgan fingerprint density at radius 2 is 1.73 bits per heavy atom. The molecule has 0 bridgehead atoms. The second kappa shape index (κ2) is 13.0. The zero-order chi connectivity index (χ0) is 18.6. The molecule has 2 aliphatic carbocycles. The van der Waals surface area contributed by atoms with E-state index in [1.165, 1.54) is 60.4 Å². The van der Waals surface area contributed by atoms with Gasteiger partial charge in [0.05, 0.1) is 0 Å².